The van der Waals surface area contributed by atoms with Gasteiger partial charge in [0.05, 0.1) is 22.5 Å². The van der Waals surface area contributed by atoms with Crippen LogP contribution in [0.15, 0.2) is 64.1 Å². The number of fused-ring (bicyclic) bond motifs is 1. The Kier molecular flexibility index (Phi) is 4.16. The standard InChI is InChI=1S/C20H14BrN3O3/c1-22-18(25)12-4-2-10(3-5-12)16-14-15(20(27)23-16)17(24-19(14)26)11-6-8-13(21)9-7-11/h2-9H,1H3,(H,22,25)(H,23,27)(H,24,26). The minimum Gasteiger partial charge on any atom is -0.355 e. The maximum Gasteiger partial charge on any atom is 0.258 e. The molecule has 2 aromatic rings. The molecule has 6 nitrogen and oxygen atoms in total. The maximum absolute atomic E-state index is 12.6. The van der Waals surface area contributed by atoms with E-state index in [1.54, 1.807) is 31.3 Å². The van der Waals surface area contributed by atoms with Gasteiger partial charge < -0.3 is 16.0 Å². The number of benzene rings is 2. The van der Waals surface area contributed by atoms with Gasteiger partial charge in [-0.15, -0.1) is 0 Å². The van der Waals surface area contributed by atoms with Gasteiger partial charge >= 0.3 is 0 Å². The average molecular weight is 424 g/mol. The Morgan fingerprint density at radius 2 is 1.26 bits per heavy atom. The first-order chi connectivity index (χ1) is 13.0. The first kappa shape index (κ1) is 17.2. The zero-order valence-corrected chi connectivity index (χ0v) is 15.8. The molecule has 0 aliphatic carbocycles. The summed E-state index contributed by atoms with van der Waals surface area (Å²) in [6.07, 6.45) is 0. The fourth-order valence-corrected chi connectivity index (χ4v) is 3.43. The van der Waals surface area contributed by atoms with Gasteiger partial charge in [-0.2, -0.15) is 0 Å². The first-order valence-corrected chi connectivity index (χ1v) is 8.99. The van der Waals surface area contributed by atoms with E-state index in [0.717, 1.165) is 10.0 Å². The molecule has 2 heterocycles. The zero-order valence-electron chi connectivity index (χ0n) is 14.2. The van der Waals surface area contributed by atoms with Crippen LogP contribution in [0.25, 0.3) is 11.4 Å². The van der Waals surface area contributed by atoms with Crippen LogP contribution >= 0.6 is 15.9 Å². The van der Waals surface area contributed by atoms with Crippen molar-refractivity contribution < 1.29 is 14.4 Å². The highest BCUT2D eigenvalue weighted by Crippen LogP contribution is 2.37. The van der Waals surface area contributed by atoms with Crippen molar-refractivity contribution in [2.45, 2.75) is 0 Å². The highest BCUT2D eigenvalue weighted by Gasteiger charge is 2.40. The Bertz CT molecular complexity index is 1050. The molecule has 0 unspecified atom stereocenters. The second kappa shape index (κ2) is 6.51. The lowest BCUT2D eigenvalue weighted by molar-refractivity contribution is -0.117. The van der Waals surface area contributed by atoms with Crippen molar-refractivity contribution in [2.24, 2.45) is 0 Å². The highest BCUT2D eigenvalue weighted by atomic mass is 79.9. The topological polar surface area (TPSA) is 87.3 Å². The maximum atomic E-state index is 12.6. The fraction of sp³-hybridized carbons (Fsp3) is 0.0500. The van der Waals surface area contributed by atoms with Crippen LogP contribution in [0, 0.1) is 0 Å². The molecule has 0 fully saturated rings. The molecule has 0 aromatic heterocycles. The number of carbonyl (C=O) groups excluding carboxylic acids is 3. The molecule has 4 rings (SSSR count). The van der Waals surface area contributed by atoms with E-state index in [1.807, 2.05) is 24.3 Å². The van der Waals surface area contributed by atoms with Crippen molar-refractivity contribution in [3.8, 4) is 0 Å². The van der Waals surface area contributed by atoms with Crippen molar-refractivity contribution in [1.82, 2.24) is 16.0 Å². The lowest BCUT2D eigenvalue weighted by atomic mass is 10.0. The van der Waals surface area contributed by atoms with Crippen LogP contribution in [0.2, 0.25) is 0 Å². The van der Waals surface area contributed by atoms with Crippen molar-refractivity contribution in [3.05, 3.63) is 80.8 Å². The lowest BCUT2D eigenvalue weighted by Crippen LogP contribution is -2.21. The van der Waals surface area contributed by atoms with Crippen molar-refractivity contribution in [3.63, 3.8) is 0 Å². The van der Waals surface area contributed by atoms with Gasteiger partial charge in [0.25, 0.3) is 17.7 Å². The summed E-state index contributed by atoms with van der Waals surface area (Å²) in [5.74, 6) is -0.857. The summed E-state index contributed by atoms with van der Waals surface area (Å²) in [6.45, 7) is 0. The SMILES string of the molecule is CNC(=O)c1ccc(C2=C3C(=O)NC(c4ccc(Br)cc4)=C3C(=O)N2)cc1. The van der Waals surface area contributed by atoms with E-state index in [9.17, 15) is 14.4 Å². The van der Waals surface area contributed by atoms with E-state index in [1.165, 1.54) is 0 Å². The van der Waals surface area contributed by atoms with Gasteiger partial charge in [0, 0.05) is 17.1 Å². The molecule has 3 N–H and O–H groups in total. The van der Waals surface area contributed by atoms with Gasteiger partial charge in [0.15, 0.2) is 0 Å². The highest BCUT2D eigenvalue weighted by molar-refractivity contribution is 9.10. The Labute approximate surface area is 163 Å². The van der Waals surface area contributed by atoms with Gasteiger partial charge in [-0.1, -0.05) is 40.2 Å². The van der Waals surface area contributed by atoms with Gasteiger partial charge in [-0.3, -0.25) is 14.4 Å². The van der Waals surface area contributed by atoms with E-state index in [2.05, 4.69) is 31.9 Å². The van der Waals surface area contributed by atoms with Gasteiger partial charge in [0.2, 0.25) is 0 Å². The molecule has 0 bridgehead atoms. The van der Waals surface area contributed by atoms with Crippen LogP contribution in [0.4, 0.5) is 0 Å². The van der Waals surface area contributed by atoms with E-state index in [0.29, 0.717) is 33.7 Å². The molecular weight excluding hydrogens is 410 g/mol. The summed E-state index contributed by atoms with van der Waals surface area (Å²) in [4.78, 5) is 36.9. The molecule has 2 aromatic carbocycles. The van der Waals surface area contributed by atoms with Crippen LogP contribution in [0.3, 0.4) is 0 Å². The van der Waals surface area contributed by atoms with Gasteiger partial charge in [-0.25, -0.2) is 0 Å². The third kappa shape index (κ3) is 2.86. The number of hydrogen-bond donors (Lipinski definition) is 3. The summed E-state index contributed by atoms with van der Waals surface area (Å²) in [5, 5.41) is 8.15. The van der Waals surface area contributed by atoms with Crippen molar-refractivity contribution >= 4 is 45.0 Å². The number of halogens is 1. The Hall–Kier alpha value is -3.19. The van der Waals surface area contributed by atoms with Gasteiger partial charge in [-0.05, 0) is 35.4 Å². The summed E-state index contributed by atoms with van der Waals surface area (Å²) in [6, 6.07) is 14.1. The molecule has 2 aliphatic rings. The summed E-state index contributed by atoms with van der Waals surface area (Å²) >= 11 is 3.37. The largest absolute Gasteiger partial charge is 0.355 e. The van der Waals surface area contributed by atoms with Crippen molar-refractivity contribution in [2.75, 3.05) is 7.05 Å². The second-order valence-corrected chi connectivity index (χ2v) is 6.99. The molecule has 0 spiro atoms. The molecule has 2 aliphatic heterocycles. The van der Waals surface area contributed by atoms with E-state index >= 15 is 0 Å². The van der Waals surface area contributed by atoms with Gasteiger partial charge in [0.1, 0.15) is 0 Å². The molecule has 3 amide bonds. The molecule has 134 valence electrons. The molecule has 27 heavy (non-hydrogen) atoms. The quantitative estimate of drug-likeness (QED) is 0.706. The summed E-state index contributed by atoms with van der Waals surface area (Å²) < 4.78 is 0.907. The minimum absolute atomic E-state index is 0.202. The van der Waals surface area contributed by atoms with E-state index in [-0.39, 0.29) is 17.7 Å². The van der Waals surface area contributed by atoms with Crippen LogP contribution in [0.1, 0.15) is 21.5 Å². The molecule has 0 radical (unpaired) electrons. The number of carbonyl (C=O) groups is 3. The Morgan fingerprint density at radius 3 is 1.70 bits per heavy atom. The number of hydrogen-bond acceptors (Lipinski definition) is 3. The molecule has 0 atom stereocenters. The van der Waals surface area contributed by atoms with E-state index < -0.39 is 0 Å². The average Bonchev–Trinajstić information content (AvgIpc) is 3.21. The van der Waals surface area contributed by atoms with Crippen LogP contribution in [-0.4, -0.2) is 24.8 Å². The second-order valence-electron chi connectivity index (χ2n) is 6.07. The number of nitrogens with one attached hydrogen (secondary N) is 3. The predicted molar refractivity (Wildman–Crippen MR) is 104 cm³/mol. The summed E-state index contributed by atoms with van der Waals surface area (Å²) in [5.41, 5.74) is 3.52. The molecule has 7 heteroatoms. The monoisotopic (exact) mass is 423 g/mol. The zero-order chi connectivity index (χ0) is 19.1. The molecule has 0 saturated carbocycles. The van der Waals surface area contributed by atoms with Crippen LogP contribution in [-0.2, 0) is 9.59 Å². The number of rotatable bonds is 3. The Morgan fingerprint density at radius 1 is 0.815 bits per heavy atom. The Balaban J connectivity index is 1.80. The summed E-state index contributed by atoms with van der Waals surface area (Å²) in [7, 11) is 1.56. The lowest BCUT2D eigenvalue weighted by Gasteiger charge is -2.08. The van der Waals surface area contributed by atoms with E-state index in [4.69, 9.17) is 0 Å². The molecule has 0 saturated heterocycles. The van der Waals surface area contributed by atoms with Crippen LogP contribution < -0.4 is 16.0 Å². The van der Waals surface area contributed by atoms with Crippen LogP contribution in [0.5, 0.6) is 0 Å². The fourth-order valence-electron chi connectivity index (χ4n) is 3.16. The number of amides is 3. The predicted octanol–water partition coefficient (Wildman–Crippen LogP) is 2.19. The van der Waals surface area contributed by atoms with Crippen molar-refractivity contribution in [1.29, 1.82) is 0 Å². The minimum atomic E-state index is -0.327. The third-order valence-electron chi connectivity index (χ3n) is 4.48. The normalized spacial score (nSPS) is 15.6. The third-order valence-corrected chi connectivity index (χ3v) is 5.01. The molecular formula is C20H14BrN3O3. The smallest absolute Gasteiger partial charge is 0.258 e. The first-order valence-electron chi connectivity index (χ1n) is 8.19.